The lowest BCUT2D eigenvalue weighted by atomic mass is 9.82. The van der Waals surface area contributed by atoms with Gasteiger partial charge in [-0.2, -0.15) is 0 Å². The number of aromatic nitrogens is 1. The van der Waals surface area contributed by atoms with E-state index in [1.54, 1.807) is 0 Å². The minimum Gasteiger partial charge on any atom is -0.309 e. The van der Waals surface area contributed by atoms with Crippen molar-refractivity contribution in [2.75, 3.05) is 4.90 Å². The maximum atomic E-state index is 2.46. The van der Waals surface area contributed by atoms with Crippen molar-refractivity contribution in [3.05, 3.63) is 255 Å². The fourth-order valence-corrected chi connectivity index (χ4v) is 10.7. The predicted molar refractivity (Wildman–Crippen MR) is 282 cm³/mol. The number of nitrogens with zero attached hydrogens (tertiary/aromatic N) is 2. The van der Waals surface area contributed by atoms with Crippen LogP contribution < -0.4 is 4.90 Å². The Morgan fingerprint density at radius 1 is 0.227 bits per heavy atom. The number of benzene rings is 12. The molecule has 308 valence electrons. The summed E-state index contributed by atoms with van der Waals surface area (Å²) in [6.07, 6.45) is 0. The van der Waals surface area contributed by atoms with Crippen LogP contribution in [0.4, 0.5) is 17.1 Å². The summed E-state index contributed by atoms with van der Waals surface area (Å²) in [5, 5.41) is 12.3. The van der Waals surface area contributed by atoms with E-state index in [9.17, 15) is 0 Å². The zero-order chi connectivity index (χ0) is 43.6. The second-order valence-corrected chi connectivity index (χ2v) is 17.2. The standard InChI is InChI=1S/C64H42N2/c1-3-19-43(20-4-1)44-35-37-45(38-36-44)61-51-25-7-9-27-53(51)62(54-28-10-8-26-52(54)61)63-55-29-11-13-31-57(55)64(58-32-14-12-30-56(58)63)65(46-21-5-2-6-22-46)47-39-41-48(42-40-47)66-59-33-17-15-23-49(59)50-24-16-18-34-60(50)66/h1-42H. The van der Waals surface area contributed by atoms with Crippen molar-refractivity contribution in [1.29, 1.82) is 0 Å². The summed E-state index contributed by atoms with van der Waals surface area (Å²) in [5.74, 6) is 0. The van der Waals surface area contributed by atoms with Crippen LogP contribution in [0.25, 0.3) is 104 Å². The molecular formula is C64H42N2. The Kier molecular flexibility index (Phi) is 8.89. The van der Waals surface area contributed by atoms with Gasteiger partial charge in [0.25, 0.3) is 0 Å². The minimum absolute atomic E-state index is 1.09. The summed E-state index contributed by atoms with van der Waals surface area (Å²) < 4.78 is 2.39. The quantitative estimate of drug-likeness (QED) is 0.145. The fraction of sp³-hybridized carbons (Fsp3) is 0. The highest BCUT2D eigenvalue weighted by atomic mass is 15.1. The van der Waals surface area contributed by atoms with Gasteiger partial charge >= 0.3 is 0 Å². The third kappa shape index (κ3) is 5.96. The van der Waals surface area contributed by atoms with Gasteiger partial charge in [0.2, 0.25) is 0 Å². The van der Waals surface area contributed by atoms with Crippen LogP contribution in [0.15, 0.2) is 255 Å². The lowest BCUT2D eigenvalue weighted by Crippen LogP contribution is -2.11. The normalized spacial score (nSPS) is 11.6. The van der Waals surface area contributed by atoms with Gasteiger partial charge in [0.1, 0.15) is 0 Å². The molecule has 12 aromatic carbocycles. The smallest absolute Gasteiger partial charge is 0.0618 e. The van der Waals surface area contributed by atoms with Crippen molar-refractivity contribution in [3.63, 3.8) is 0 Å². The van der Waals surface area contributed by atoms with Crippen LogP contribution >= 0.6 is 0 Å². The van der Waals surface area contributed by atoms with E-state index in [4.69, 9.17) is 0 Å². The summed E-state index contributed by atoms with van der Waals surface area (Å²) in [6, 6.07) is 93.3. The van der Waals surface area contributed by atoms with Crippen molar-refractivity contribution in [1.82, 2.24) is 4.57 Å². The molecule has 1 aromatic heterocycles. The lowest BCUT2D eigenvalue weighted by molar-refractivity contribution is 1.17. The van der Waals surface area contributed by atoms with Crippen LogP contribution in [0.2, 0.25) is 0 Å². The van der Waals surface area contributed by atoms with Gasteiger partial charge < -0.3 is 9.47 Å². The van der Waals surface area contributed by atoms with E-state index >= 15 is 0 Å². The van der Waals surface area contributed by atoms with E-state index in [0.29, 0.717) is 0 Å². The topological polar surface area (TPSA) is 8.17 Å². The average Bonchev–Trinajstić information content (AvgIpc) is 3.73. The van der Waals surface area contributed by atoms with Crippen molar-refractivity contribution < 1.29 is 0 Å². The van der Waals surface area contributed by atoms with E-state index in [-0.39, 0.29) is 0 Å². The molecule has 0 atom stereocenters. The molecule has 0 radical (unpaired) electrons. The highest BCUT2D eigenvalue weighted by Crippen LogP contribution is 2.52. The molecule has 0 aliphatic rings. The van der Waals surface area contributed by atoms with E-state index in [2.05, 4.69) is 264 Å². The zero-order valence-corrected chi connectivity index (χ0v) is 36.1. The fourth-order valence-electron chi connectivity index (χ4n) is 10.7. The Morgan fingerprint density at radius 2 is 0.561 bits per heavy atom. The van der Waals surface area contributed by atoms with Gasteiger partial charge in [-0.3, -0.25) is 0 Å². The number of para-hydroxylation sites is 3. The minimum atomic E-state index is 1.09. The Hall–Kier alpha value is -8.72. The molecule has 2 nitrogen and oxygen atoms in total. The van der Waals surface area contributed by atoms with Crippen LogP contribution in [0, 0.1) is 0 Å². The number of hydrogen-bond acceptors (Lipinski definition) is 1. The molecule has 0 unspecified atom stereocenters. The first-order valence-electron chi connectivity index (χ1n) is 22.8. The number of anilines is 3. The average molecular weight is 839 g/mol. The first-order chi connectivity index (χ1) is 32.8. The van der Waals surface area contributed by atoms with Gasteiger partial charge in [0.15, 0.2) is 0 Å². The molecule has 0 amide bonds. The van der Waals surface area contributed by atoms with Crippen LogP contribution in [0.1, 0.15) is 0 Å². The molecule has 0 spiro atoms. The molecule has 0 saturated carbocycles. The van der Waals surface area contributed by atoms with Crippen molar-refractivity contribution in [2.45, 2.75) is 0 Å². The first-order valence-corrected chi connectivity index (χ1v) is 22.8. The molecule has 0 bridgehead atoms. The van der Waals surface area contributed by atoms with E-state index in [1.807, 2.05) is 0 Å². The maximum Gasteiger partial charge on any atom is 0.0618 e. The van der Waals surface area contributed by atoms with Gasteiger partial charge in [-0.05, 0) is 114 Å². The Bertz CT molecular complexity index is 3790. The predicted octanol–water partition coefficient (Wildman–Crippen LogP) is 17.9. The van der Waals surface area contributed by atoms with Crippen LogP contribution in [0.5, 0.6) is 0 Å². The first kappa shape index (κ1) is 37.8. The number of hydrogen-bond donors (Lipinski definition) is 0. The van der Waals surface area contributed by atoms with Crippen molar-refractivity contribution in [2.24, 2.45) is 0 Å². The summed E-state index contributed by atoms with van der Waals surface area (Å²) in [5.41, 5.74) is 14.3. The van der Waals surface area contributed by atoms with E-state index in [0.717, 1.165) is 22.7 Å². The molecule has 1 heterocycles. The third-order valence-electron chi connectivity index (χ3n) is 13.5. The van der Waals surface area contributed by atoms with Gasteiger partial charge in [-0.25, -0.2) is 0 Å². The molecular weight excluding hydrogens is 797 g/mol. The van der Waals surface area contributed by atoms with Gasteiger partial charge in [0, 0.05) is 38.6 Å². The zero-order valence-electron chi connectivity index (χ0n) is 36.1. The highest BCUT2D eigenvalue weighted by Gasteiger charge is 2.25. The molecule has 0 saturated heterocycles. The van der Waals surface area contributed by atoms with Crippen LogP contribution in [-0.2, 0) is 0 Å². The molecule has 0 fully saturated rings. The monoisotopic (exact) mass is 838 g/mol. The molecule has 0 aliphatic heterocycles. The SMILES string of the molecule is c1ccc(-c2ccc(-c3c4ccccc4c(-c4c5ccccc5c(N(c5ccccc5)c5ccc(-n6c7ccccc7c7ccccc76)cc5)c5ccccc45)c4ccccc34)cc2)cc1. The maximum absolute atomic E-state index is 2.46. The van der Waals surface area contributed by atoms with Crippen LogP contribution in [-0.4, -0.2) is 4.57 Å². The molecule has 0 N–H and O–H groups in total. The highest BCUT2D eigenvalue weighted by molar-refractivity contribution is 6.30. The molecule has 13 rings (SSSR count). The van der Waals surface area contributed by atoms with Crippen LogP contribution in [0.3, 0.4) is 0 Å². The lowest BCUT2D eigenvalue weighted by Gasteiger charge is -2.30. The van der Waals surface area contributed by atoms with Gasteiger partial charge in [0.05, 0.1) is 16.7 Å². The number of fused-ring (bicyclic) bond motifs is 7. The summed E-state index contributed by atoms with van der Waals surface area (Å²) in [6.45, 7) is 0. The number of rotatable bonds is 7. The molecule has 66 heavy (non-hydrogen) atoms. The molecule has 0 aliphatic carbocycles. The van der Waals surface area contributed by atoms with E-state index in [1.165, 1.54) is 98.3 Å². The van der Waals surface area contributed by atoms with E-state index < -0.39 is 0 Å². The largest absolute Gasteiger partial charge is 0.309 e. The summed E-state index contributed by atoms with van der Waals surface area (Å²) in [7, 11) is 0. The second kappa shape index (κ2) is 15.5. The van der Waals surface area contributed by atoms with Gasteiger partial charge in [-0.15, -0.1) is 0 Å². The summed E-state index contributed by atoms with van der Waals surface area (Å²) in [4.78, 5) is 2.46. The molecule has 13 aromatic rings. The third-order valence-corrected chi connectivity index (χ3v) is 13.5. The summed E-state index contributed by atoms with van der Waals surface area (Å²) >= 11 is 0. The second-order valence-electron chi connectivity index (χ2n) is 17.2. The Balaban J connectivity index is 1.05. The Labute approximate surface area is 383 Å². The van der Waals surface area contributed by atoms with Crippen molar-refractivity contribution in [3.8, 4) is 39.1 Å². The molecule has 2 heteroatoms. The van der Waals surface area contributed by atoms with Crippen molar-refractivity contribution >= 4 is 82.0 Å². The van der Waals surface area contributed by atoms with Gasteiger partial charge in [-0.1, -0.05) is 206 Å². The Morgan fingerprint density at radius 3 is 1.05 bits per heavy atom.